The van der Waals surface area contributed by atoms with Crippen LogP contribution in [0.5, 0.6) is 0 Å². The van der Waals surface area contributed by atoms with E-state index in [0.29, 0.717) is 18.1 Å². The number of amidine groups is 1. The lowest BCUT2D eigenvalue weighted by Crippen LogP contribution is -2.34. The van der Waals surface area contributed by atoms with Crippen LogP contribution in [0, 0.1) is 0 Å². The van der Waals surface area contributed by atoms with Crippen LogP contribution in [0.2, 0.25) is 0 Å². The van der Waals surface area contributed by atoms with Crippen LogP contribution < -0.4 is 5.32 Å². The summed E-state index contributed by atoms with van der Waals surface area (Å²) in [7, 11) is -3.32. The average Bonchev–Trinajstić information content (AvgIpc) is 2.89. The topological polar surface area (TPSA) is 78.8 Å². The van der Waals surface area contributed by atoms with Crippen molar-refractivity contribution in [2.75, 3.05) is 17.6 Å². The minimum Gasteiger partial charge on any atom is -0.326 e. The summed E-state index contributed by atoms with van der Waals surface area (Å²) in [4.78, 5) is 13.3. The summed E-state index contributed by atoms with van der Waals surface area (Å²) in [5.74, 6) is -0.00184. The van der Waals surface area contributed by atoms with Crippen LogP contribution >= 0.6 is 11.8 Å². The number of hydrogen-bond donors (Lipinski definition) is 1. The number of nitrogens with zero attached hydrogens (tertiary/aromatic N) is 2. The zero-order chi connectivity index (χ0) is 15.7. The zero-order valence-electron chi connectivity index (χ0n) is 11.9. The molecule has 22 heavy (non-hydrogen) atoms. The fourth-order valence-electron chi connectivity index (χ4n) is 2.19. The number of carbonyl (C=O) groups is 1. The molecule has 1 amide bonds. The number of carbonyl (C=O) groups excluding carboxylic acids is 1. The second-order valence-electron chi connectivity index (χ2n) is 4.91. The molecule has 0 saturated heterocycles. The average molecular weight is 337 g/mol. The van der Waals surface area contributed by atoms with Gasteiger partial charge in [0.25, 0.3) is 10.0 Å². The Morgan fingerprint density at radius 3 is 2.77 bits per heavy atom. The van der Waals surface area contributed by atoms with Gasteiger partial charge in [-0.2, -0.15) is 0 Å². The Labute approximate surface area is 133 Å². The quantitative estimate of drug-likeness (QED) is 0.913. The molecule has 116 valence electrons. The van der Waals surface area contributed by atoms with Gasteiger partial charge in [-0.05, 0) is 17.7 Å². The number of thioether (sulfide) groups is 1. The highest BCUT2D eigenvalue weighted by Crippen LogP contribution is 2.35. The van der Waals surface area contributed by atoms with E-state index in [2.05, 4.69) is 9.71 Å². The second kappa shape index (κ2) is 5.77. The third kappa shape index (κ3) is 3.02. The molecule has 1 N–H and O–H groups in total. The van der Waals surface area contributed by atoms with E-state index in [1.54, 1.807) is 6.92 Å². The van der Waals surface area contributed by atoms with Gasteiger partial charge in [0.15, 0.2) is 5.17 Å². The summed E-state index contributed by atoms with van der Waals surface area (Å²) in [6.07, 6.45) is 0.436. The monoisotopic (exact) mass is 337 g/mol. The number of amides is 1. The summed E-state index contributed by atoms with van der Waals surface area (Å²) >= 11 is 1.31. The number of nitrogens with one attached hydrogen (secondary N) is 1. The van der Waals surface area contributed by atoms with Gasteiger partial charge in [0.2, 0.25) is 5.91 Å². The van der Waals surface area contributed by atoms with Gasteiger partial charge in [-0.3, -0.25) is 4.79 Å². The van der Waals surface area contributed by atoms with Gasteiger partial charge in [-0.15, -0.1) is 4.40 Å². The SMILES string of the molecule is CCC(=O)Nc1ccc(C2=CSC3=NS(=O)(=O)CCN23)cc1. The van der Waals surface area contributed by atoms with Crippen molar-refractivity contribution in [3.63, 3.8) is 0 Å². The Morgan fingerprint density at radius 2 is 2.09 bits per heavy atom. The highest BCUT2D eigenvalue weighted by Gasteiger charge is 2.31. The van der Waals surface area contributed by atoms with Crippen LogP contribution in [-0.4, -0.2) is 36.7 Å². The molecule has 0 bridgehead atoms. The molecule has 0 atom stereocenters. The maximum atomic E-state index is 11.5. The molecule has 2 aliphatic heterocycles. The molecule has 3 rings (SSSR count). The lowest BCUT2D eigenvalue weighted by Gasteiger charge is -2.25. The van der Waals surface area contributed by atoms with Gasteiger partial charge in [0.1, 0.15) is 0 Å². The molecule has 1 aromatic rings. The summed E-state index contributed by atoms with van der Waals surface area (Å²) < 4.78 is 26.8. The fourth-order valence-corrected chi connectivity index (χ4v) is 4.35. The van der Waals surface area contributed by atoms with E-state index in [-0.39, 0.29) is 11.7 Å². The first-order valence-electron chi connectivity index (χ1n) is 6.86. The van der Waals surface area contributed by atoms with Gasteiger partial charge >= 0.3 is 0 Å². The molecule has 0 unspecified atom stereocenters. The summed E-state index contributed by atoms with van der Waals surface area (Å²) in [6, 6.07) is 7.49. The maximum absolute atomic E-state index is 11.5. The van der Waals surface area contributed by atoms with Crippen molar-refractivity contribution in [3.8, 4) is 0 Å². The number of benzene rings is 1. The number of sulfonamides is 1. The molecule has 8 heteroatoms. The Morgan fingerprint density at radius 1 is 1.36 bits per heavy atom. The Kier molecular flexibility index (Phi) is 3.96. The maximum Gasteiger partial charge on any atom is 0.257 e. The molecule has 1 aromatic carbocycles. The van der Waals surface area contributed by atoms with Crippen molar-refractivity contribution in [2.45, 2.75) is 13.3 Å². The third-order valence-electron chi connectivity index (χ3n) is 3.37. The number of anilines is 1. The van der Waals surface area contributed by atoms with Crippen LogP contribution in [0.1, 0.15) is 18.9 Å². The highest BCUT2D eigenvalue weighted by molar-refractivity contribution is 8.17. The predicted octanol–water partition coefficient (Wildman–Crippen LogP) is 2.08. The number of rotatable bonds is 3. The van der Waals surface area contributed by atoms with Crippen molar-refractivity contribution in [2.24, 2.45) is 4.40 Å². The lowest BCUT2D eigenvalue weighted by molar-refractivity contribution is -0.115. The standard InChI is InChI=1S/C14H15N3O3S2/c1-2-13(18)15-11-5-3-10(4-6-11)12-9-21-14-16-22(19,20)8-7-17(12)14/h3-6,9H,2,7-8H2,1H3,(H,15,18). The minimum absolute atomic E-state index is 0.0268. The van der Waals surface area contributed by atoms with E-state index in [1.807, 2.05) is 34.6 Å². The van der Waals surface area contributed by atoms with E-state index in [0.717, 1.165) is 16.9 Å². The van der Waals surface area contributed by atoms with Crippen LogP contribution in [0.25, 0.3) is 5.70 Å². The second-order valence-corrected chi connectivity index (χ2v) is 7.50. The molecular formula is C14H15N3O3S2. The van der Waals surface area contributed by atoms with Crippen LogP contribution in [0.4, 0.5) is 5.69 Å². The smallest absolute Gasteiger partial charge is 0.257 e. The van der Waals surface area contributed by atoms with Crippen LogP contribution in [0.15, 0.2) is 34.1 Å². The number of fused-ring (bicyclic) bond motifs is 1. The van der Waals surface area contributed by atoms with E-state index >= 15 is 0 Å². The lowest BCUT2D eigenvalue weighted by atomic mass is 10.1. The summed E-state index contributed by atoms with van der Waals surface area (Å²) in [5.41, 5.74) is 2.65. The van der Waals surface area contributed by atoms with Crippen molar-refractivity contribution in [1.29, 1.82) is 0 Å². The molecule has 6 nitrogen and oxygen atoms in total. The van der Waals surface area contributed by atoms with Gasteiger partial charge in [-0.1, -0.05) is 30.8 Å². The largest absolute Gasteiger partial charge is 0.326 e. The molecule has 2 aliphatic rings. The molecule has 0 spiro atoms. The van der Waals surface area contributed by atoms with Crippen molar-refractivity contribution in [3.05, 3.63) is 35.2 Å². The molecule has 0 aromatic heterocycles. The molecule has 0 radical (unpaired) electrons. The zero-order valence-corrected chi connectivity index (χ0v) is 13.6. The van der Waals surface area contributed by atoms with Crippen molar-refractivity contribution >= 4 is 44.2 Å². The van der Waals surface area contributed by atoms with Gasteiger partial charge < -0.3 is 10.2 Å². The van der Waals surface area contributed by atoms with Crippen LogP contribution in [0.3, 0.4) is 0 Å². The van der Waals surface area contributed by atoms with Gasteiger partial charge in [0, 0.05) is 24.1 Å². The van der Waals surface area contributed by atoms with Crippen LogP contribution in [-0.2, 0) is 14.8 Å². The van der Waals surface area contributed by atoms with E-state index in [4.69, 9.17) is 0 Å². The number of hydrogen-bond acceptors (Lipinski definition) is 5. The van der Waals surface area contributed by atoms with Gasteiger partial charge in [-0.25, -0.2) is 8.42 Å². The van der Waals surface area contributed by atoms with E-state index in [9.17, 15) is 13.2 Å². The first kappa shape index (κ1) is 15.1. The summed E-state index contributed by atoms with van der Waals surface area (Å²) in [5, 5.41) is 5.20. The highest BCUT2D eigenvalue weighted by atomic mass is 32.2. The molecule has 2 heterocycles. The van der Waals surface area contributed by atoms with Crippen molar-refractivity contribution in [1.82, 2.24) is 4.90 Å². The van der Waals surface area contributed by atoms with Gasteiger partial charge in [0.05, 0.1) is 11.4 Å². The first-order chi connectivity index (χ1) is 10.5. The minimum atomic E-state index is -3.32. The van der Waals surface area contributed by atoms with E-state index in [1.165, 1.54) is 11.8 Å². The Balaban J connectivity index is 1.80. The summed E-state index contributed by atoms with van der Waals surface area (Å²) in [6.45, 7) is 2.21. The van der Waals surface area contributed by atoms with Crippen molar-refractivity contribution < 1.29 is 13.2 Å². The Hall–Kier alpha value is -1.80. The third-order valence-corrected chi connectivity index (χ3v) is 5.50. The fraction of sp³-hybridized carbons (Fsp3) is 0.286. The molecule has 0 saturated carbocycles. The first-order valence-corrected chi connectivity index (χ1v) is 9.35. The molecular weight excluding hydrogens is 322 g/mol. The normalized spacial score (nSPS) is 19.2. The van der Waals surface area contributed by atoms with E-state index < -0.39 is 10.0 Å². The molecule has 0 aliphatic carbocycles. The molecule has 0 fully saturated rings. The predicted molar refractivity (Wildman–Crippen MR) is 88.9 cm³/mol. The Bertz CT molecular complexity index is 767.